The van der Waals surface area contributed by atoms with Crippen LogP contribution >= 0.6 is 0 Å². The summed E-state index contributed by atoms with van der Waals surface area (Å²) in [5.74, 6) is -1.07. The van der Waals surface area contributed by atoms with Gasteiger partial charge in [0.15, 0.2) is 0 Å². The molecule has 0 unspecified atom stereocenters. The summed E-state index contributed by atoms with van der Waals surface area (Å²) in [4.78, 5) is 23.6. The third-order valence-corrected chi connectivity index (χ3v) is 2.46. The molecule has 0 saturated carbocycles. The number of para-hydroxylation sites is 1. The van der Waals surface area contributed by atoms with Crippen LogP contribution in [0.15, 0.2) is 18.2 Å². The van der Waals surface area contributed by atoms with Gasteiger partial charge in [-0.3, -0.25) is 0 Å². The van der Waals surface area contributed by atoms with Gasteiger partial charge in [0.2, 0.25) is 0 Å². The van der Waals surface area contributed by atoms with E-state index in [2.05, 4.69) is 10.6 Å². The van der Waals surface area contributed by atoms with Crippen LogP contribution in [-0.2, 0) is 0 Å². The first-order chi connectivity index (χ1) is 8.93. The lowest BCUT2D eigenvalue weighted by atomic mass is 10.1. The number of carbonyl (C=O) groups is 2. The number of nitrogens with one attached hydrogen (secondary N) is 2. The highest BCUT2D eigenvalue weighted by molar-refractivity contribution is 5.97. The van der Waals surface area contributed by atoms with Crippen molar-refractivity contribution in [2.45, 2.75) is 0 Å². The SMILES string of the molecule is CN(C)C(=O)NCCNc1cccc(C(=O)O)c1N. The maximum atomic E-state index is 11.2. The Hall–Kier alpha value is -2.44. The van der Waals surface area contributed by atoms with E-state index in [9.17, 15) is 9.59 Å². The minimum absolute atomic E-state index is 0.0577. The average Bonchev–Trinajstić information content (AvgIpc) is 2.35. The highest BCUT2D eigenvalue weighted by Gasteiger charge is 2.10. The Bertz CT molecular complexity index is 474. The van der Waals surface area contributed by atoms with E-state index in [1.165, 1.54) is 11.0 Å². The van der Waals surface area contributed by atoms with Crippen molar-refractivity contribution in [3.63, 3.8) is 0 Å². The van der Waals surface area contributed by atoms with Gasteiger partial charge in [-0.05, 0) is 12.1 Å². The van der Waals surface area contributed by atoms with Crippen molar-refractivity contribution in [2.24, 2.45) is 0 Å². The molecule has 0 aliphatic rings. The fourth-order valence-corrected chi connectivity index (χ4v) is 1.43. The second kappa shape index (κ2) is 6.48. The highest BCUT2D eigenvalue weighted by atomic mass is 16.4. The van der Waals surface area contributed by atoms with Crippen molar-refractivity contribution in [1.82, 2.24) is 10.2 Å². The number of carbonyl (C=O) groups excluding carboxylic acids is 1. The van der Waals surface area contributed by atoms with Gasteiger partial charge in [-0.25, -0.2) is 9.59 Å². The van der Waals surface area contributed by atoms with Crippen LogP contribution in [0, 0.1) is 0 Å². The summed E-state index contributed by atoms with van der Waals surface area (Å²) in [6, 6.07) is 4.56. The predicted molar refractivity (Wildman–Crippen MR) is 73.4 cm³/mol. The molecule has 7 nitrogen and oxygen atoms in total. The lowest BCUT2D eigenvalue weighted by Crippen LogP contribution is -2.37. The molecule has 0 saturated heterocycles. The number of nitrogens with two attached hydrogens (primary N) is 1. The van der Waals surface area contributed by atoms with Crippen LogP contribution in [0.25, 0.3) is 0 Å². The number of carboxylic acid groups (broad SMARTS) is 1. The zero-order valence-electron chi connectivity index (χ0n) is 10.9. The van der Waals surface area contributed by atoms with Gasteiger partial charge in [0, 0.05) is 27.2 Å². The number of nitrogens with zero attached hydrogens (tertiary/aromatic N) is 1. The van der Waals surface area contributed by atoms with Crippen molar-refractivity contribution in [2.75, 3.05) is 38.2 Å². The molecule has 0 bridgehead atoms. The number of aromatic carboxylic acids is 1. The molecule has 1 aromatic rings. The molecule has 104 valence electrons. The Morgan fingerprint density at radius 2 is 2.00 bits per heavy atom. The maximum Gasteiger partial charge on any atom is 0.337 e. The summed E-state index contributed by atoms with van der Waals surface area (Å²) in [5.41, 5.74) is 6.52. The van der Waals surface area contributed by atoms with Crippen LogP contribution < -0.4 is 16.4 Å². The minimum atomic E-state index is -1.07. The molecular weight excluding hydrogens is 248 g/mol. The number of anilines is 2. The second-order valence-corrected chi connectivity index (χ2v) is 4.13. The van der Waals surface area contributed by atoms with E-state index in [-0.39, 0.29) is 17.3 Å². The number of hydrogen-bond donors (Lipinski definition) is 4. The number of urea groups is 1. The number of nitrogen functional groups attached to an aromatic ring is 1. The number of benzene rings is 1. The average molecular weight is 266 g/mol. The molecule has 0 heterocycles. The summed E-state index contributed by atoms with van der Waals surface area (Å²) in [7, 11) is 3.30. The van der Waals surface area contributed by atoms with Crippen molar-refractivity contribution in [3.8, 4) is 0 Å². The Morgan fingerprint density at radius 3 is 2.58 bits per heavy atom. The smallest absolute Gasteiger partial charge is 0.337 e. The first kappa shape index (κ1) is 14.6. The van der Waals surface area contributed by atoms with E-state index >= 15 is 0 Å². The van der Waals surface area contributed by atoms with E-state index in [0.717, 1.165) is 0 Å². The zero-order chi connectivity index (χ0) is 14.4. The van der Waals surface area contributed by atoms with E-state index < -0.39 is 5.97 Å². The minimum Gasteiger partial charge on any atom is -0.478 e. The molecule has 0 aromatic heterocycles. The molecule has 0 aliphatic heterocycles. The van der Waals surface area contributed by atoms with Crippen molar-refractivity contribution < 1.29 is 14.7 Å². The van der Waals surface area contributed by atoms with E-state index in [4.69, 9.17) is 10.8 Å². The van der Waals surface area contributed by atoms with Crippen molar-refractivity contribution in [1.29, 1.82) is 0 Å². The second-order valence-electron chi connectivity index (χ2n) is 4.13. The predicted octanol–water partition coefficient (Wildman–Crippen LogP) is 0.650. The van der Waals surface area contributed by atoms with E-state index in [1.807, 2.05) is 0 Å². The Labute approximate surface area is 111 Å². The molecule has 0 radical (unpaired) electrons. The van der Waals surface area contributed by atoms with Crippen LogP contribution in [0.1, 0.15) is 10.4 Å². The van der Waals surface area contributed by atoms with Crippen LogP contribution in [0.5, 0.6) is 0 Å². The molecule has 2 amide bonds. The molecular formula is C12H18N4O3. The van der Waals surface area contributed by atoms with Crippen molar-refractivity contribution >= 4 is 23.4 Å². The molecule has 1 rings (SSSR count). The molecule has 0 spiro atoms. The lowest BCUT2D eigenvalue weighted by Gasteiger charge is -2.14. The molecule has 0 atom stereocenters. The molecule has 0 aliphatic carbocycles. The summed E-state index contributed by atoms with van der Waals surface area (Å²) >= 11 is 0. The van der Waals surface area contributed by atoms with E-state index in [1.54, 1.807) is 26.2 Å². The van der Waals surface area contributed by atoms with Gasteiger partial charge < -0.3 is 26.4 Å². The molecule has 0 fully saturated rings. The lowest BCUT2D eigenvalue weighted by molar-refractivity contribution is 0.0698. The van der Waals surface area contributed by atoms with Gasteiger partial charge >= 0.3 is 12.0 Å². The molecule has 7 heteroatoms. The molecule has 19 heavy (non-hydrogen) atoms. The van der Waals surface area contributed by atoms with Crippen molar-refractivity contribution in [3.05, 3.63) is 23.8 Å². The highest BCUT2D eigenvalue weighted by Crippen LogP contribution is 2.22. The quantitative estimate of drug-likeness (QED) is 0.462. The van der Waals surface area contributed by atoms with Crippen LogP contribution in [0.4, 0.5) is 16.2 Å². The Kier molecular flexibility index (Phi) is 4.99. The van der Waals surface area contributed by atoms with Gasteiger partial charge in [-0.1, -0.05) is 6.07 Å². The van der Waals surface area contributed by atoms with Gasteiger partial charge in [0.1, 0.15) is 0 Å². The number of rotatable bonds is 5. The first-order valence-corrected chi connectivity index (χ1v) is 5.74. The monoisotopic (exact) mass is 266 g/mol. The van der Waals surface area contributed by atoms with Crippen LogP contribution in [0.3, 0.4) is 0 Å². The summed E-state index contributed by atoms with van der Waals surface area (Å²) < 4.78 is 0. The largest absolute Gasteiger partial charge is 0.478 e. The van der Waals surface area contributed by atoms with Crippen LogP contribution in [-0.4, -0.2) is 49.2 Å². The number of hydrogen-bond acceptors (Lipinski definition) is 4. The van der Waals surface area contributed by atoms with Gasteiger partial charge in [-0.2, -0.15) is 0 Å². The zero-order valence-corrected chi connectivity index (χ0v) is 10.9. The fraction of sp³-hybridized carbons (Fsp3) is 0.333. The third kappa shape index (κ3) is 4.06. The summed E-state index contributed by atoms with van der Waals surface area (Å²) in [5, 5.41) is 14.6. The first-order valence-electron chi connectivity index (χ1n) is 5.74. The van der Waals surface area contributed by atoms with Gasteiger partial charge in [0.25, 0.3) is 0 Å². The summed E-state index contributed by atoms with van der Waals surface area (Å²) in [6.07, 6.45) is 0. The fourth-order valence-electron chi connectivity index (χ4n) is 1.43. The number of amides is 2. The van der Waals surface area contributed by atoms with E-state index in [0.29, 0.717) is 18.8 Å². The summed E-state index contributed by atoms with van der Waals surface area (Å²) in [6.45, 7) is 0.862. The molecule has 1 aromatic carbocycles. The normalized spacial score (nSPS) is 9.79. The van der Waals surface area contributed by atoms with Crippen LogP contribution in [0.2, 0.25) is 0 Å². The topological polar surface area (TPSA) is 108 Å². The standard InChI is InChI=1S/C12H18N4O3/c1-16(2)12(19)15-7-6-14-9-5-3-4-8(10(9)13)11(17)18/h3-5,14H,6-7,13H2,1-2H3,(H,15,19)(H,17,18). The Morgan fingerprint density at radius 1 is 1.32 bits per heavy atom. The number of carboxylic acids is 1. The van der Waals surface area contributed by atoms with Gasteiger partial charge in [-0.15, -0.1) is 0 Å². The molecule has 5 N–H and O–H groups in total. The Balaban J connectivity index is 2.53. The maximum absolute atomic E-state index is 11.2. The van der Waals surface area contributed by atoms with Gasteiger partial charge in [0.05, 0.1) is 16.9 Å². The third-order valence-electron chi connectivity index (χ3n) is 2.46.